The van der Waals surface area contributed by atoms with Gasteiger partial charge in [0.15, 0.2) is 5.43 Å². The van der Waals surface area contributed by atoms with Crippen LogP contribution in [0.2, 0.25) is 5.02 Å². The predicted octanol–water partition coefficient (Wildman–Crippen LogP) is 4.20. The lowest BCUT2D eigenvalue weighted by atomic mass is 10.2. The van der Waals surface area contributed by atoms with Gasteiger partial charge in [0.25, 0.3) is 0 Å². The van der Waals surface area contributed by atoms with Crippen molar-refractivity contribution >= 4 is 22.6 Å². The summed E-state index contributed by atoms with van der Waals surface area (Å²) in [5, 5.41) is 0.747. The van der Waals surface area contributed by atoms with Crippen LogP contribution in [0.25, 0.3) is 16.7 Å². The second kappa shape index (κ2) is 6.22. The van der Waals surface area contributed by atoms with Crippen molar-refractivity contribution in [3.63, 3.8) is 0 Å². The van der Waals surface area contributed by atoms with Gasteiger partial charge in [-0.25, -0.2) is 4.98 Å². The van der Waals surface area contributed by atoms with Crippen LogP contribution in [0.5, 0.6) is 0 Å². The van der Waals surface area contributed by atoms with Gasteiger partial charge in [0.05, 0.1) is 24.1 Å². The summed E-state index contributed by atoms with van der Waals surface area (Å²) < 4.78 is 4.02. The van der Waals surface area contributed by atoms with Gasteiger partial charge in [-0.15, -0.1) is 0 Å². The standard InChI is InChI=1S/C20H16ClN3O/c1-14-11-23(10-9-19(14)25)17-7-4-8-18-20(17)22-13-24(18)12-15-5-2-3-6-16(15)21/h2-11,13H,12H2,1H3. The van der Waals surface area contributed by atoms with Gasteiger partial charge in [-0.3, -0.25) is 4.79 Å². The molecular weight excluding hydrogens is 334 g/mol. The molecule has 0 saturated heterocycles. The molecule has 0 saturated carbocycles. The lowest BCUT2D eigenvalue weighted by Gasteiger charge is -2.10. The number of fused-ring (bicyclic) bond motifs is 1. The van der Waals surface area contributed by atoms with Crippen molar-refractivity contribution in [2.24, 2.45) is 0 Å². The number of imidazole rings is 1. The summed E-state index contributed by atoms with van der Waals surface area (Å²) in [6.45, 7) is 2.47. The third-order valence-electron chi connectivity index (χ3n) is 4.31. The maximum absolute atomic E-state index is 11.7. The minimum absolute atomic E-state index is 0.0349. The molecule has 0 bridgehead atoms. The number of aryl methyl sites for hydroxylation is 1. The van der Waals surface area contributed by atoms with Crippen molar-refractivity contribution in [3.05, 3.63) is 93.6 Å². The van der Waals surface area contributed by atoms with Crippen molar-refractivity contribution in [2.45, 2.75) is 13.5 Å². The maximum Gasteiger partial charge on any atom is 0.184 e. The number of para-hydroxylation sites is 1. The van der Waals surface area contributed by atoms with Gasteiger partial charge in [0.1, 0.15) is 5.52 Å². The summed E-state index contributed by atoms with van der Waals surface area (Å²) in [7, 11) is 0. The third kappa shape index (κ3) is 2.85. The molecule has 2 aromatic carbocycles. The summed E-state index contributed by atoms with van der Waals surface area (Å²) in [5.41, 5.74) is 4.64. The summed E-state index contributed by atoms with van der Waals surface area (Å²) >= 11 is 6.28. The highest BCUT2D eigenvalue weighted by atomic mass is 35.5. The van der Waals surface area contributed by atoms with Crippen molar-refractivity contribution < 1.29 is 0 Å². The van der Waals surface area contributed by atoms with E-state index in [-0.39, 0.29) is 5.43 Å². The smallest absolute Gasteiger partial charge is 0.184 e. The van der Waals surface area contributed by atoms with Crippen LogP contribution in [0.15, 0.2) is 72.0 Å². The predicted molar refractivity (Wildman–Crippen MR) is 101 cm³/mol. The summed E-state index contributed by atoms with van der Waals surface area (Å²) in [6.07, 6.45) is 5.44. The Morgan fingerprint density at radius 3 is 2.72 bits per heavy atom. The molecule has 124 valence electrons. The van der Waals surface area contributed by atoms with Crippen molar-refractivity contribution in [3.8, 4) is 5.69 Å². The molecular formula is C20H16ClN3O. The van der Waals surface area contributed by atoms with E-state index in [1.165, 1.54) is 0 Å². The molecule has 0 aliphatic heterocycles. The van der Waals surface area contributed by atoms with Crippen LogP contribution in [0.3, 0.4) is 0 Å². The highest BCUT2D eigenvalue weighted by Crippen LogP contribution is 2.23. The van der Waals surface area contributed by atoms with Crippen LogP contribution < -0.4 is 5.43 Å². The highest BCUT2D eigenvalue weighted by molar-refractivity contribution is 6.31. The molecule has 2 aromatic heterocycles. The number of hydrogen-bond acceptors (Lipinski definition) is 2. The Kier molecular flexibility index (Phi) is 3.90. The Morgan fingerprint density at radius 2 is 1.92 bits per heavy atom. The summed E-state index contributed by atoms with van der Waals surface area (Å²) in [5.74, 6) is 0. The SMILES string of the molecule is Cc1cn(-c2cccc3c2ncn3Cc2ccccc2Cl)ccc1=O. The van der Waals surface area contributed by atoms with Gasteiger partial charge in [-0.1, -0.05) is 35.9 Å². The molecule has 0 fully saturated rings. The molecule has 0 N–H and O–H groups in total. The average molecular weight is 350 g/mol. The summed E-state index contributed by atoms with van der Waals surface area (Å²) in [6, 6.07) is 15.4. The lowest BCUT2D eigenvalue weighted by Crippen LogP contribution is -2.07. The molecule has 0 radical (unpaired) electrons. The lowest BCUT2D eigenvalue weighted by molar-refractivity contribution is 0.825. The number of benzene rings is 2. The second-order valence-electron chi connectivity index (χ2n) is 6.01. The first-order chi connectivity index (χ1) is 12.1. The van der Waals surface area contributed by atoms with Crippen LogP contribution >= 0.6 is 11.6 Å². The second-order valence-corrected chi connectivity index (χ2v) is 6.42. The van der Waals surface area contributed by atoms with Gasteiger partial charge >= 0.3 is 0 Å². The van der Waals surface area contributed by atoms with Gasteiger partial charge in [-0.05, 0) is 30.7 Å². The largest absolute Gasteiger partial charge is 0.326 e. The van der Waals surface area contributed by atoms with E-state index in [9.17, 15) is 4.79 Å². The molecule has 0 unspecified atom stereocenters. The average Bonchev–Trinajstić information content (AvgIpc) is 3.02. The molecule has 4 aromatic rings. The van der Waals surface area contributed by atoms with E-state index in [0.29, 0.717) is 12.1 Å². The van der Waals surface area contributed by atoms with Crippen LogP contribution in [0, 0.1) is 6.92 Å². The minimum atomic E-state index is 0.0349. The molecule has 0 spiro atoms. The fourth-order valence-electron chi connectivity index (χ4n) is 2.96. The topological polar surface area (TPSA) is 39.8 Å². The zero-order chi connectivity index (χ0) is 17.4. The number of aromatic nitrogens is 3. The third-order valence-corrected chi connectivity index (χ3v) is 4.68. The van der Waals surface area contributed by atoms with E-state index in [1.807, 2.05) is 66.5 Å². The Bertz CT molecular complexity index is 1130. The maximum atomic E-state index is 11.7. The zero-order valence-electron chi connectivity index (χ0n) is 13.7. The Labute approximate surface area is 149 Å². The van der Waals surface area contributed by atoms with E-state index >= 15 is 0 Å². The molecule has 0 atom stereocenters. The fraction of sp³-hybridized carbons (Fsp3) is 0.100. The zero-order valence-corrected chi connectivity index (χ0v) is 14.4. The number of rotatable bonds is 3. The molecule has 0 aliphatic carbocycles. The normalized spacial score (nSPS) is 11.1. The van der Waals surface area contributed by atoms with E-state index < -0.39 is 0 Å². The highest BCUT2D eigenvalue weighted by Gasteiger charge is 2.10. The minimum Gasteiger partial charge on any atom is -0.326 e. The Hall–Kier alpha value is -2.85. The van der Waals surface area contributed by atoms with E-state index in [0.717, 1.165) is 27.3 Å². The van der Waals surface area contributed by atoms with Crippen LogP contribution in [-0.4, -0.2) is 14.1 Å². The number of pyridine rings is 1. The van der Waals surface area contributed by atoms with E-state index in [1.54, 1.807) is 12.3 Å². The van der Waals surface area contributed by atoms with Crippen LogP contribution in [-0.2, 0) is 6.54 Å². The number of halogens is 1. The Balaban J connectivity index is 1.82. The van der Waals surface area contributed by atoms with E-state index in [4.69, 9.17) is 11.6 Å². The first kappa shape index (κ1) is 15.7. The quantitative estimate of drug-likeness (QED) is 0.556. The molecule has 4 rings (SSSR count). The van der Waals surface area contributed by atoms with Crippen molar-refractivity contribution in [2.75, 3.05) is 0 Å². The molecule has 4 nitrogen and oxygen atoms in total. The Morgan fingerprint density at radius 1 is 1.08 bits per heavy atom. The molecule has 0 amide bonds. The molecule has 0 aliphatic rings. The van der Waals surface area contributed by atoms with Crippen molar-refractivity contribution in [1.82, 2.24) is 14.1 Å². The van der Waals surface area contributed by atoms with E-state index in [2.05, 4.69) is 9.55 Å². The first-order valence-corrected chi connectivity index (χ1v) is 8.38. The number of nitrogens with zero attached hydrogens (tertiary/aromatic N) is 3. The molecule has 2 heterocycles. The fourth-order valence-corrected chi connectivity index (χ4v) is 3.16. The van der Waals surface area contributed by atoms with Gasteiger partial charge in [-0.2, -0.15) is 0 Å². The monoisotopic (exact) mass is 349 g/mol. The van der Waals surface area contributed by atoms with Gasteiger partial charge < -0.3 is 9.13 Å². The van der Waals surface area contributed by atoms with Crippen LogP contribution in [0.1, 0.15) is 11.1 Å². The number of hydrogen-bond donors (Lipinski definition) is 0. The molecule has 25 heavy (non-hydrogen) atoms. The van der Waals surface area contributed by atoms with Crippen LogP contribution in [0.4, 0.5) is 0 Å². The first-order valence-electron chi connectivity index (χ1n) is 8.00. The van der Waals surface area contributed by atoms with Gasteiger partial charge in [0, 0.05) is 29.0 Å². The van der Waals surface area contributed by atoms with Gasteiger partial charge in [0.2, 0.25) is 0 Å². The van der Waals surface area contributed by atoms with Crippen molar-refractivity contribution in [1.29, 1.82) is 0 Å². The summed E-state index contributed by atoms with van der Waals surface area (Å²) in [4.78, 5) is 16.3. The molecule has 5 heteroatoms.